The van der Waals surface area contributed by atoms with Gasteiger partial charge >= 0.3 is 5.97 Å². The number of hydrazone groups is 1. The minimum Gasteiger partial charge on any atom is -0.491 e. The molecule has 0 N–H and O–H groups in total. The van der Waals surface area contributed by atoms with Crippen molar-refractivity contribution in [1.29, 1.82) is 0 Å². The number of aromatic nitrogens is 2. The third-order valence-electron chi connectivity index (χ3n) is 5.18. The number of methoxy groups -OCH3 is 1. The first-order valence-corrected chi connectivity index (χ1v) is 11.3. The Kier molecular flexibility index (Phi) is 6.55. The lowest BCUT2D eigenvalue weighted by atomic mass is 10.0. The van der Waals surface area contributed by atoms with Gasteiger partial charge < -0.3 is 9.47 Å². The number of pyridine rings is 2. The molecule has 0 saturated carbocycles. The highest BCUT2D eigenvalue weighted by molar-refractivity contribution is 8.14. The lowest BCUT2D eigenvalue weighted by Gasteiger charge is -2.24. The molecule has 2 aromatic heterocycles. The Morgan fingerprint density at radius 2 is 2.19 bits per heavy atom. The van der Waals surface area contributed by atoms with Crippen LogP contribution in [0.15, 0.2) is 46.4 Å². The molecule has 166 valence electrons. The van der Waals surface area contributed by atoms with Crippen LogP contribution in [0.5, 0.6) is 5.75 Å². The second kappa shape index (κ2) is 9.52. The van der Waals surface area contributed by atoms with Crippen molar-refractivity contribution in [2.45, 2.75) is 20.3 Å². The van der Waals surface area contributed by atoms with E-state index in [-0.39, 0.29) is 12.5 Å². The second-order valence-electron chi connectivity index (χ2n) is 7.55. The number of thioether (sulfide) groups is 1. The highest BCUT2D eigenvalue weighted by atomic mass is 32.2. The van der Waals surface area contributed by atoms with E-state index in [0.29, 0.717) is 24.5 Å². The molecule has 0 spiro atoms. The van der Waals surface area contributed by atoms with Gasteiger partial charge in [-0.1, -0.05) is 0 Å². The van der Waals surface area contributed by atoms with E-state index < -0.39 is 0 Å². The fourth-order valence-corrected chi connectivity index (χ4v) is 4.67. The first kappa shape index (κ1) is 22.0. The zero-order valence-corrected chi connectivity index (χ0v) is 19.4. The van der Waals surface area contributed by atoms with E-state index in [2.05, 4.69) is 10.1 Å². The molecule has 2 aliphatic heterocycles. The summed E-state index contributed by atoms with van der Waals surface area (Å²) in [5.74, 6) is 1.13. The Bertz CT molecular complexity index is 1130. The molecule has 0 aromatic carbocycles. The zero-order valence-electron chi connectivity index (χ0n) is 18.6. The number of aliphatic imine (C=N–C) groups is 1. The standard InChI is InChI=1S/C23H25N5O3S/c1-14-10-19-22(18(7-9-31-19)27-28(3)12-20(29)30-4)26-21(14)17-13-32-23(25-15(17)2)16-6-5-8-24-11-16/h5-6,8,10-11H,7,9,12-13H2,1-4H3/b27-18+. The fourth-order valence-electron chi connectivity index (χ4n) is 3.55. The third kappa shape index (κ3) is 4.67. The van der Waals surface area contributed by atoms with Gasteiger partial charge in [-0.05, 0) is 37.6 Å². The molecule has 0 bridgehead atoms. The van der Waals surface area contributed by atoms with Crippen LogP contribution in [0, 0.1) is 6.92 Å². The van der Waals surface area contributed by atoms with Crippen LogP contribution in [0.3, 0.4) is 0 Å². The van der Waals surface area contributed by atoms with Gasteiger partial charge in [-0.15, -0.1) is 11.8 Å². The van der Waals surface area contributed by atoms with Crippen LogP contribution in [0.25, 0.3) is 5.57 Å². The molecule has 4 heterocycles. The summed E-state index contributed by atoms with van der Waals surface area (Å²) in [4.78, 5) is 25.6. The van der Waals surface area contributed by atoms with E-state index in [9.17, 15) is 4.79 Å². The molecule has 32 heavy (non-hydrogen) atoms. The van der Waals surface area contributed by atoms with E-state index in [1.165, 1.54) is 7.11 Å². The maximum atomic E-state index is 11.6. The van der Waals surface area contributed by atoms with Crippen molar-refractivity contribution >= 4 is 34.1 Å². The van der Waals surface area contributed by atoms with Gasteiger partial charge in [0.05, 0.1) is 25.1 Å². The number of aryl methyl sites for hydroxylation is 1. The number of fused-ring (bicyclic) bond motifs is 1. The molecular formula is C23H25N5O3S. The number of rotatable bonds is 5. The van der Waals surface area contributed by atoms with Gasteiger partial charge in [0, 0.05) is 48.4 Å². The number of allylic oxidation sites excluding steroid dienone is 1. The fraction of sp³-hybridized carbons (Fsp3) is 0.348. The van der Waals surface area contributed by atoms with Crippen LogP contribution >= 0.6 is 11.8 Å². The molecule has 0 atom stereocenters. The highest BCUT2D eigenvalue weighted by Crippen LogP contribution is 2.35. The van der Waals surface area contributed by atoms with Crippen LogP contribution < -0.4 is 4.74 Å². The predicted octanol–water partition coefficient (Wildman–Crippen LogP) is 3.30. The Morgan fingerprint density at radius 3 is 2.91 bits per heavy atom. The number of nitrogens with zero attached hydrogens (tertiary/aromatic N) is 5. The lowest BCUT2D eigenvalue weighted by molar-refractivity contribution is -0.141. The summed E-state index contributed by atoms with van der Waals surface area (Å²) in [6.45, 7) is 4.64. The Balaban J connectivity index is 1.70. The van der Waals surface area contributed by atoms with Gasteiger partial charge in [0.25, 0.3) is 0 Å². The van der Waals surface area contributed by atoms with Gasteiger partial charge in [0.2, 0.25) is 0 Å². The number of carbonyl (C=O) groups is 1. The average molecular weight is 452 g/mol. The van der Waals surface area contributed by atoms with Crippen molar-refractivity contribution in [3.05, 3.63) is 58.8 Å². The monoisotopic (exact) mass is 451 g/mol. The van der Waals surface area contributed by atoms with Crippen molar-refractivity contribution < 1.29 is 14.3 Å². The number of carbonyl (C=O) groups excluding carboxylic acids is 1. The Morgan fingerprint density at radius 1 is 1.34 bits per heavy atom. The molecule has 9 heteroatoms. The SMILES string of the molecule is COC(=O)CN(C)/N=C1\CCOc2cc(C)c(C3=C(C)N=C(c4cccnc4)SC3)nc21. The topological polar surface area (TPSA) is 89.3 Å². The number of hydrogen-bond donors (Lipinski definition) is 0. The molecule has 0 aliphatic carbocycles. The van der Waals surface area contributed by atoms with E-state index >= 15 is 0 Å². The van der Waals surface area contributed by atoms with Gasteiger partial charge in [0.15, 0.2) is 0 Å². The molecule has 2 aliphatic rings. The van der Waals surface area contributed by atoms with Crippen LogP contribution in [-0.2, 0) is 9.53 Å². The summed E-state index contributed by atoms with van der Waals surface area (Å²) in [7, 11) is 3.11. The van der Waals surface area contributed by atoms with E-state index in [1.54, 1.807) is 30.0 Å². The van der Waals surface area contributed by atoms with Crippen LogP contribution in [-0.4, -0.2) is 64.8 Å². The molecule has 0 amide bonds. The summed E-state index contributed by atoms with van der Waals surface area (Å²) in [6, 6.07) is 5.95. The van der Waals surface area contributed by atoms with Crippen LogP contribution in [0.4, 0.5) is 0 Å². The van der Waals surface area contributed by atoms with Crippen molar-refractivity contribution in [2.24, 2.45) is 10.1 Å². The maximum Gasteiger partial charge on any atom is 0.327 e. The molecule has 4 rings (SSSR count). The molecule has 8 nitrogen and oxygen atoms in total. The van der Waals surface area contributed by atoms with E-state index in [1.807, 2.05) is 38.2 Å². The van der Waals surface area contributed by atoms with Crippen LogP contribution in [0.2, 0.25) is 0 Å². The smallest absolute Gasteiger partial charge is 0.327 e. The largest absolute Gasteiger partial charge is 0.491 e. The number of likely N-dealkylation sites (N-methyl/N-ethyl adjacent to an activating group) is 1. The zero-order chi connectivity index (χ0) is 22.7. The van der Waals surface area contributed by atoms with Crippen molar-refractivity contribution in [1.82, 2.24) is 15.0 Å². The van der Waals surface area contributed by atoms with Gasteiger partial charge in [-0.25, -0.2) is 9.98 Å². The minimum absolute atomic E-state index is 0.0711. The third-order valence-corrected chi connectivity index (χ3v) is 6.21. The minimum atomic E-state index is -0.344. The quantitative estimate of drug-likeness (QED) is 0.509. The summed E-state index contributed by atoms with van der Waals surface area (Å²) in [6.07, 6.45) is 4.21. The Labute approximate surface area is 191 Å². The molecule has 2 aromatic rings. The Hall–Kier alpha value is -3.20. The van der Waals surface area contributed by atoms with Crippen LogP contribution in [0.1, 0.15) is 35.9 Å². The molecule has 0 unspecified atom stereocenters. The normalized spacial score (nSPS) is 16.9. The van der Waals surface area contributed by atoms with Gasteiger partial charge in [0.1, 0.15) is 23.0 Å². The number of esters is 1. The van der Waals surface area contributed by atoms with Crippen molar-refractivity contribution in [2.75, 3.05) is 33.1 Å². The average Bonchev–Trinajstić information content (AvgIpc) is 2.79. The molecule has 0 radical (unpaired) electrons. The predicted molar refractivity (Wildman–Crippen MR) is 126 cm³/mol. The first-order chi connectivity index (χ1) is 15.5. The molecule has 0 fully saturated rings. The highest BCUT2D eigenvalue weighted by Gasteiger charge is 2.25. The van der Waals surface area contributed by atoms with Gasteiger partial charge in [-0.3, -0.25) is 14.8 Å². The molecular weight excluding hydrogens is 426 g/mol. The maximum absolute atomic E-state index is 11.6. The van der Waals surface area contributed by atoms with Crippen molar-refractivity contribution in [3.63, 3.8) is 0 Å². The lowest BCUT2D eigenvalue weighted by Crippen LogP contribution is -2.26. The number of hydrogen-bond acceptors (Lipinski definition) is 9. The number of ether oxygens (including phenoxy) is 2. The summed E-state index contributed by atoms with van der Waals surface area (Å²) >= 11 is 1.68. The van der Waals surface area contributed by atoms with E-state index in [4.69, 9.17) is 19.5 Å². The first-order valence-electron chi connectivity index (χ1n) is 10.3. The second-order valence-corrected chi connectivity index (χ2v) is 8.51. The van der Waals surface area contributed by atoms with Crippen molar-refractivity contribution in [3.8, 4) is 5.75 Å². The summed E-state index contributed by atoms with van der Waals surface area (Å²) < 4.78 is 10.6. The molecule has 0 saturated heterocycles. The van der Waals surface area contributed by atoms with Gasteiger partial charge in [-0.2, -0.15) is 5.10 Å². The summed E-state index contributed by atoms with van der Waals surface area (Å²) in [5.41, 5.74) is 6.48. The summed E-state index contributed by atoms with van der Waals surface area (Å²) in [5, 5.41) is 7.14. The van der Waals surface area contributed by atoms with E-state index in [0.717, 1.165) is 44.6 Å².